The van der Waals surface area contributed by atoms with E-state index in [1.54, 1.807) is 0 Å². The molecule has 0 aromatic heterocycles. The van der Waals surface area contributed by atoms with Gasteiger partial charge in [0, 0.05) is 25.7 Å². The Kier molecular flexibility index (Phi) is 67.8. The number of hydrogen-bond acceptors (Lipinski definition) is 15. The minimum atomic E-state index is -4.96. The van der Waals surface area contributed by atoms with Crippen molar-refractivity contribution in [2.45, 2.75) is 427 Å². The molecule has 7 atom stereocenters. The van der Waals surface area contributed by atoms with Crippen molar-refractivity contribution in [1.29, 1.82) is 0 Å². The average Bonchev–Trinajstić information content (AvgIpc) is 1.07. The van der Waals surface area contributed by atoms with Crippen molar-refractivity contribution in [2.75, 3.05) is 39.6 Å². The van der Waals surface area contributed by atoms with Gasteiger partial charge in [-0.15, -0.1) is 0 Å². The molecule has 0 aromatic carbocycles. The van der Waals surface area contributed by atoms with Crippen LogP contribution in [-0.2, 0) is 65.4 Å². The number of phosphoric ester groups is 2. The lowest BCUT2D eigenvalue weighted by Crippen LogP contribution is -2.30. The van der Waals surface area contributed by atoms with Gasteiger partial charge < -0.3 is 33.8 Å². The molecular formula is C80H156O17P2. The largest absolute Gasteiger partial charge is 0.472 e. The van der Waals surface area contributed by atoms with Gasteiger partial charge in [0.2, 0.25) is 0 Å². The second-order valence-electron chi connectivity index (χ2n) is 30.2. The number of carbonyl (C=O) groups is 4. The van der Waals surface area contributed by atoms with Crippen LogP contribution >= 0.6 is 15.6 Å². The summed E-state index contributed by atoms with van der Waals surface area (Å²) in [5, 5.41) is 10.6. The van der Waals surface area contributed by atoms with Gasteiger partial charge in [-0.05, 0) is 49.4 Å². The summed E-state index contributed by atoms with van der Waals surface area (Å²) in [6.45, 7) is 14.2. The molecule has 0 saturated heterocycles. The molecule has 0 spiro atoms. The average molecular weight is 1450 g/mol. The first-order valence-electron chi connectivity index (χ1n) is 41.3. The third-order valence-electron chi connectivity index (χ3n) is 19.3. The Bertz CT molecular complexity index is 1940. The molecule has 17 nitrogen and oxygen atoms in total. The molecule has 3 N–H and O–H groups in total. The van der Waals surface area contributed by atoms with E-state index in [0.29, 0.717) is 25.7 Å². The zero-order valence-electron chi connectivity index (χ0n) is 65.1. The molecule has 0 saturated carbocycles. The normalized spacial score (nSPS) is 14.6. The van der Waals surface area contributed by atoms with Crippen LogP contribution in [0.15, 0.2) is 0 Å². The smallest absolute Gasteiger partial charge is 0.462 e. The first-order valence-corrected chi connectivity index (χ1v) is 44.3. The third kappa shape index (κ3) is 71.5. The molecule has 0 heterocycles. The van der Waals surface area contributed by atoms with E-state index in [0.717, 1.165) is 114 Å². The molecule has 5 unspecified atom stereocenters. The SMILES string of the molecule is CCC(C)CCCCCCCCCCCCCCCCCCCCC(=O)OC[C@H](COP(=O)(O)OCC(O)COP(=O)(O)OC[C@@H](COC(=O)CCCCCCCCCCC(C)C)OC(=O)CCCCCCCCC(C)CC)OC(=O)CCCCCCCCCCCCCCCC(C)C. The highest BCUT2D eigenvalue weighted by molar-refractivity contribution is 7.47. The molecule has 19 heteroatoms. The van der Waals surface area contributed by atoms with Gasteiger partial charge in [-0.3, -0.25) is 37.3 Å². The number of carbonyl (C=O) groups excluding carboxylic acids is 4. The van der Waals surface area contributed by atoms with Crippen LogP contribution in [0.3, 0.4) is 0 Å². The van der Waals surface area contributed by atoms with Gasteiger partial charge in [0.15, 0.2) is 12.2 Å². The molecule has 588 valence electrons. The standard InChI is InChI=1S/C80H156O17P2/c1-9-72(7)58-50-42-34-27-23-19-15-13-11-12-14-16-20-24-28-35-44-52-60-77(82)90-66-75(96-79(84)62-54-46-37-29-25-21-17-18-22-26-32-40-48-56-70(3)4)68-94-98(86,87)92-64-74(81)65-93-99(88,89)95-69-76(97-80(85)63-55-47-39-38-43-51-59-73(8)10-2)67-91-78(83)61-53-45-36-31-30-33-41-49-57-71(5)6/h70-76,81H,9-69H2,1-8H3,(H,86,87)(H,88,89)/t72?,73?,74?,75-,76-/m1/s1. The highest BCUT2D eigenvalue weighted by Crippen LogP contribution is 2.45. The second kappa shape index (κ2) is 69.1. The Morgan fingerprint density at radius 1 is 0.283 bits per heavy atom. The fourth-order valence-electron chi connectivity index (χ4n) is 12.2. The molecule has 0 aromatic rings. The molecule has 0 fully saturated rings. The summed E-state index contributed by atoms with van der Waals surface area (Å²) in [5.41, 5.74) is 0. The fourth-order valence-corrected chi connectivity index (χ4v) is 13.8. The van der Waals surface area contributed by atoms with Gasteiger partial charge in [0.05, 0.1) is 26.4 Å². The Hall–Kier alpha value is -1.94. The number of unbranched alkanes of at least 4 members (excludes halogenated alkanes) is 41. The number of aliphatic hydroxyl groups excluding tert-OH is 1. The predicted octanol–water partition coefficient (Wildman–Crippen LogP) is 23.6. The first kappa shape index (κ1) is 97.1. The van der Waals surface area contributed by atoms with Crippen molar-refractivity contribution in [1.82, 2.24) is 0 Å². The van der Waals surface area contributed by atoms with E-state index in [1.165, 1.54) is 212 Å². The van der Waals surface area contributed by atoms with E-state index in [-0.39, 0.29) is 25.7 Å². The van der Waals surface area contributed by atoms with E-state index in [1.807, 2.05) is 0 Å². The lowest BCUT2D eigenvalue weighted by Gasteiger charge is -2.21. The number of phosphoric acid groups is 2. The van der Waals surface area contributed by atoms with E-state index in [4.69, 9.17) is 37.0 Å². The monoisotopic (exact) mass is 1450 g/mol. The lowest BCUT2D eigenvalue weighted by molar-refractivity contribution is -0.161. The van der Waals surface area contributed by atoms with Crippen LogP contribution in [0.25, 0.3) is 0 Å². The van der Waals surface area contributed by atoms with Gasteiger partial charge in [-0.25, -0.2) is 9.13 Å². The minimum absolute atomic E-state index is 0.102. The first-order chi connectivity index (χ1) is 47.7. The number of rotatable bonds is 77. The Labute approximate surface area is 607 Å². The van der Waals surface area contributed by atoms with Crippen molar-refractivity contribution in [2.24, 2.45) is 23.7 Å². The third-order valence-corrected chi connectivity index (χ3v) is 21.2. The maximum absolute atomic E-state index is 13.1. The van der Waals surface area contributed by atoms with Crippen LogP contribution in [0, 0.1) is 23.7 Å². The van der Waals surface area contributed by atoms with Crippen LogP contribution < -0.4 is 0 Å². The van der Waals surface area contributed by atoms with Crippen LogP contribution in [-0.4, -0.2) is 96.7 Å². The Morgan fingerprint density at radius 3 is 0.717 bits per heavy atom. The van der Waals surface area contributed by atoms with E-state index < -0.39 is 97.5 Å². The van der Waals surface area contributed by atoms with Crippen molar-refractivity contribution in [3.8, 4) is 0 Å². The van der Waals surface area contributed by atoms with Gasteiger partial charge in [-0.1, -0.05) is 357 Å². The number of aliphatic hydroxyl groups is 1. The summed E-state index contributed by atoms with van der Waals surface area (Å²) in [4.78, 5) is 72.9. The quantitative estimate of drug-likeness (QED) is 0.0222. The molecule has 0 rings (SSSR count). The molecular weight excluding hydrogens is 1290 g/mol. The molecule has 0 aliphatic heterocycles. The van der Waals surface area contributed by atoms with Gasteiger partial charge >= 0.3 is 39.5 Å². The molecule has 0 radical (unpaired) electrons. The Balaban J connectivity index is 5.19. The van der Waals surface area contributed by atoms with E-state index in [2.05, 4.69) is 55.4 Å². The van der Waals surface area contributed by atoms with Gasteiger partial charge in [0.1, 0.15) is 19.3 Å². The van der Waals surface area contributed by atoms with Gasteiger partial charge in [-0.2, -0.15) is 0 Å². The van der Waals surface area contributed by atoms with Crippen molar-refractivity contribution in [3.63, 3.8) is 0 Å². The van der Waals surface area contributed by atoms with Gasteiger partial charge in [0.25, 0.3) is 0 Å². The minimum Gasteiger partial charge on any atom is -0.462 e. The predicted molar refractivity (Wildman–Crippen MR) is 404 cm³/mol. The molecule has 0 aliphatic rings. The zero-order valence-corrected chi connectivity index (χ0v) is 66.9. The highest BCUT2D eigenvalue weighted by Gasteiger charge is 2.30. The van der Waals surface area contributed by atoms with Crippen LogP contribution in [0.5, 0.6) is 0 Å². The van der Waals surface area contributed by atoms with Crippen LogP contribution in [0.1, 0.15) is 409 Å². The molecule has 0 amide bonds. The fraction of sp³-hybridized carbons (Fsp3) is 0.950. The Morgan fingerprint density at radius 2 is 0.485 bits per heavy atom. The van der Waals surface area contributed by atoms with Crippen molar-refractivity contribution in [3.05, 3.63) is 0 Å². The van der Waals surface area contributed by atoms with Crippen LogP contribution in [0.2, 0.25) is 0 Å². The maximum Gasteiger partial charge on any atom is 0.472 e. The summed E-state index contributed by atoms with van der Waals surface area (Å²) < 4.78 is 68.6. The summed E-state index contributed by atoms with van der Waals surface area (Å²) in [6, 6.07) is 0. The number of esters is 4. The van der Waals surface area contributed by atoms with Crippen molar-refractivity contribution < 1.29 is 80.2 Å². The second-order valence-corrected chi connectivity index (χ2v) is 33.1. The number of hydrogen-bond donors (Lipinski definition) is 3. The molecule has 0 aliphatic carbocycles. The lowest BCUT2D eigenvalue weighted by atomic mass is 9.99. The van der Waals surface area contributed by atoms with E-state index in [9.17, 15) is 43.2 Å². The number of ether oxygens (including phenoxy) is 4. The zero-order chi connectivity index (χ0) is 73.1. The van der Waals surface area contributed by atoms with E-state index >= 15 is 0 Å². The van der Waals surface area contributed by atoms with Crippen molar-refractivity contribution >= 4 is 39.5 Å². The summed E-state index contributed by atoms with van der Waals surface area (Å²) in [7, 11) is -9.92. The summed E-state index contributed by atoms with van der Waals surface area (Å²) in [6.07, 6.45) is 55.7. The summed E-state index contributed by atoms with van der Waals surface area (Å²) >= 11 is 0. The topological polar surface area (TPSA) is 237 Å². The highest BCUT2D eigenvalue weighted by atomic mass is 31.2. The summed E-state index contributed by atoms with van der Waals surface area (Å²) in [5.74, 6) is 0.987. The maximum atomic E-state index is 13.1. The molecule has 99 heavy (non-hydrogen) atoms. The van der Waals surface area contributed by atoms with Crippen LogP contribution in [0.4, 0.5) is 0 Å². The molecule has 0 bridgehead atoms.